The number of ether oxygens (including phenoxy) is 2. The number of carbonyl (C=O) groups excluding carboxylic acids is 2. The summed E-state index contributed by atoms with van der Waals surface area (Å²) in [6, 6.07) is 15.0. The van der Waals surface area contributed by atoms with Gasteiger partial charge in [-0.1, -0.05) is 42.0 Å². The monoisotopic (exact) mass is 325 g/mol. The van der Waals surface area contributed by atoms with E-state index in [1.165, 1.54) is 4.90 Å². The Morgan fingerprint density at radius 3 is 2.88 bits per heavy atom. The minimum absolute atomic E-state index is 0.120. The zero-order chi connectivity index (χ0) is 16.9. The molecule has 1 amide bonds. The van der Waals surface area contributed by atoms with E-state index in [9.17, 15) is 9.59 Å². The Labute approximate surface area is 140 Å². The van der Waals surface area contributed by atoms with Crippen molar-refractivity contribution in [1.82, 2.24) is 0 Å². The van der Waals surface area contributed by atoms with Crippen molar-refractivity contribution in [2.24, 2.45) is 0 Å². The Kier molecular flexibility index (Phi) is 4.79. The maximum Gasteiger partial charge on any atom is 0.326 e. The van der Waals surface area contributed by atoms with Crippen LogP contribution in [0.4, 0.5) is 5.69 Å². The highest BCUT2D eigenvalue weighted by atomic mass is 16.5. The van der Waals surface area contributed by atoms with Crippen molar-refractivity contribution in [3.8, 4) is 5.75 Å². The predicted molar refractivity (Wildman–Crippen MR) is 89.9 cm³/mol. The van der Waals surface area contributed by atoms with E-state index in [1.54, 1.807) is 12.1 Å². The Morgan fingerprint density at radius 1 is 1.21 bits per heavy atom. The minimum atomic E-state index is -0.443. The van der Waals surface area contributed by atoms with Crippen LogP contribution < -0.4 is 9.64 Å². The molecule has 5 heteroatoms. The van der Waals surface area contributed by atoms with Gasteiger partial charge in [-0.2, -0.15) is 0 Å². The average Bonchev–Trinajstić information content (AvgIpc) is 2.73. The fraction of sp³-hybridized carbons (Fsp3) is 0.263. The topological polar surface area (TPSA) is 55.8 Å². The molecule has 0 bridgehead atoms. The van der Waals surface area contributed by atoms with Crippen LogP contribution in [0.25, 0.3) is 0 Å². The summed E-state index contributed by atoms with van der Waals surface area (Å²) in [6.07, 6.45) is 0.236. The lowest BCUT2D eigenvalue weighted by Crippen LogP contribution is -2.36. The minimum Gasteiger partial charge on any atom is -0.491 e. The number of aryl methyl sites for hydroxylation is 1. The van der Waals surface area contributed by atoms with Gasteiger partial charge < -0.3 is 9.47 Å². The van der Waals surface area contributed by atoms with Gasteiger partial charge in [-0.15, -0.1) is 0 Å². The van der Waals surface area contributed by atoms with Gasteiger partial charge in [0.2, 0.25) is 5.91 Å². The van der Waals surface area contributed by atoms with Crippen LogP contribution in [0, 0.1) is 6.92 Å². The molecule has 2 aromatic carbocycles. The van der Waals surface area contributed by atoms with Crippen molar-refractivity contribution in [2.75, 3.05) is 18.1 Å². The second kappa shape index (κ2) is 7.17. The van der Waals surface area contributed by atoms with Gasteiger partial charge in [0.05, 0.1) is 18.7 Å². The molecule has 0 spiro atoms. The molecule has 3 rings (SSSR count). The lowest BCUT2D eigenvalue weighted by molar-refractivity contribution is -0.144. The van der Waals surface area contributed by atoms with Gasteiger partial charge in [-0.05, 0) is 24.6 Å². The summed E-state index contributed by atoms with van der Waals surface area (Å²) in [6.45, 7) is 2.37. The van der Waals surface area contributed by atoms with Crippen LogP contribution in [0.15, 0.2) is 48.5 Å². The van der Waals surface area contributed by atoms with Crippen molar-refractivity contribution < 1.29 is 19.1 Å². The Hall–Kier alpha value is -2.82. The summed E-state index contributed by atoms with van der Waals surface area (Å²) >= 11 is 0. The van der Waals surface area contributed by atoms with Gasteiger partial charge in [-0.25, -0.2) is 0 Å². The molecule has 0 aromatic heterocycles. The lowest BCUT2D eigenvalue weighted by atomic mass is 10.1. The number of esters is 1. The molecule has 2 aromatic rings. The summed E-state index contributed by atoms with van der Waals surface area (Å²) in [7, 11) is 0. The van der Waals surface area contributed by atoms with Gasteiger partial charge in [-0.3, -0.25) is 14.5 Å². The fourth-order valence-corrected chi connectivity index (χ4v) is 2.63. The maximum absolute atomic E-state index is 12.3. The smallest absolute Gasteiger partial charge is 0.326 e. The third kappa shape index (κ3) is 3.74. The quantitative estimate of drug-likeness (QED) is 0.811. The van der Waals surface area contributed by atoms with Gasteiger partial charge in [0.25, 0.3) is 0 Å². The number of hydrogen-bond acceptors (Lipinski definition) is 4. The van der Waals surface area contributed by atoms with E-state index in [-0.39, 0.29) is 25.5 Å². The SMILES string of the molecule is Cc1cccc(COC(=O)CN2C(=O)CCOc3ccccc32)c1. The lowest BCUT2D eigenvalue weighted by Gasteiger charge is -2.20. The van der Waals surface area contributed by atoms with Crippen molar-refractivity contribution in [3.63, 3.8) is 0 Å². The number of para-hydroxylation sites is 2. The Balaban J connectivity index is 1.68. The molecule has 0 saturated carbocycles. The number of hydrogen-bond donors (Lipinski definition) is 0. The van der Waals surface area contributed by atoms with Crippen LogP contribution in [0.3, 0.4) is 0 Å². The molecule has 24 heavy (non-hydrogen) atoms. The molecule has 1 heterocycles. The zero-order valence-corrected chi connectivity index (χ0v) is 13.5. The molecule has 0 unspecified atom stereocenters. The molecule has 1 aliphatic rings. The van der Waals surface area contributed by atoms with Gasteiger partial charge in [0.15, 0.2) is 0 Å². The van der Waals surface area contributed by atoms with Crippen LogP contribution in [-0.2, 0) is 20.9 Å². The van der Waals surface area contributed by atoms with Crippen LogP contribution in [0.5, 0.6) is 5.75 Å². The van der Waals surface area contributed by atoms with Crippen molar-refractivity contribution in [1.29, 1.82) is 0 Å². The van der Waals surface area contributed by atoms with E-state index in [0.29, 0.717) is 18.0 Å². The number of anilines is 1. The highest BCUT2D eigenvalue weighted by Crippen LogP contribution is 2.30. The molecule has 5 nitrogen and oxygen atoms in total. The van der Waals surface area contributed by atoms with E-state index < -0.39 is 5.97 Å². The molecule has 124 valence electrons. The highest BCUT2D eigenvalue weighted by Gasteiger charge is 2.25. The summed E-state index contributed by atoms with van der Waals surface area (Å²) < 4.78 is 10.9. The summed E-state index contributed by atoms with van der Waals surface area (Å²) in [5.74, 6) is 0.0175. The third-order valence-electron chi connectivity index (χ3n) is 3.80. The molecule has 0 aliphatic carbocycles. The maximum atomic E-state index is 12.3. The first-order valence-corrected chi connectivity index (χ1v) is 7.87. The molecule has 0 N–H and O–H groups in total. The molecule has 0 atom stereocenters. The number of rotatable bonds is 4. The average molecular weight is 325 g/mol. The second-order valence-corrected chi connectivity index (χ2v) is 5.70. The number of amides is 1. The van der Waals surface area contributed by atoms with Gasteiger partial charge in [0, 0.05) is 0 Å². The molecular formula is C19H19NO4. The first-order valence-electron chi connectivity index (χ1n) is 7.87. The summed E-state index contributed by atoms with van der Waals surface area (Å²) in [5, 5.41) is 0. The Morgan fingerprint density at radius 2 is 2.04 bits per heavy atom. The largest absolute Gasteiger partial charge is 0.491 e. The molecule has 0 fully saturated rings. The first kappa shape index (κ1) is 16.1. The van der Waals surface area contributed by atoms with Crippen molar-refractivity contribution in [2.45, 2.75) is 20.0 Å². The standard InChI is InChI=1S/C19H19NO4/c1-14-5-4-6-15(11-14)13-24-19(22)12-20-16-7-2-3-8-17(16)23-10-9-18(20)21/h2-8,11H,9-10,12-13H2,1H3. The van der Waals surface area contributed by atoms with Gasteiger partial charge in [0.1, 0.15) is 18.9 Å². The fourth-order valence-electron chi connectivity index (χ4n) is 2.63. The summed E-state index contributed by atoms with van der Waals surface area (Å²) in [4.78, 5) is 25.9. The predicted octanol–water partition coefficient (Wildman–Crippen LogP) is 2.85. The molecular weight excluding hydrogens is 306 g/mol. The van der Waals surface area contributed by atoms with Crippen LogP contribution >= 0.6 is 0 Å². The number of benzene rings is 2. The molecule has 0 saturated heterocycles. The normalized spacial score (nSPS) is 13.7. The van der Waals surface area contributed by atoms with Crippen LogP contribution in [0.1, 0.15) is 17.5 Å². The van der Waals surface area contributed by atoms with Crippen molar-refractivity contribution in [3.05, 3.63) is 59.7 Å². The first-order chi connectivity index (χ1) is 11.6. The van der Waals surface area contributed by atoms with E-state index >= 15 is 0 Å². The van der Waals surface area contributed by atoms with Crippen LogP contribution in [-0.4, -0.2) is 25.0 Å². The third-order valence-corrected chi connectivity index (χ3v) is 3.80. The highest BCUT2D eigenvalue weighted by molar-refractivity contribution is 5.99. The molecule has 0 radical (unpaired) electrons. The van der Waals surface area contributed by atoms with E-state index in [4.69, 9.17) is 9.47 Å². The number of fused-ring (bicyclic) bond motifs is 1. The zero-order valence-electron chi connectivity index (χ0n) is 13.5. The number of carbonyl (C=O) groups is 2. The Bertz CT molecular complexity index is 757. The van der Waals surface area contributed by atoms with Gasteiger partial charge >= 0.3 is 5.97 Å². The van der Waals surface area contributed by atoms with E-state index in [2.05, 4.69) is 0 Å². The number of nitrogens with zero attached hydrogens (tertiary/aromatic N) is 1. The van der Waals surface area contributed by atoms with Crippen LogP contribution in [0.2, 0.25) is 0 Å². The van der Waals surface area contributed by atoms with Crippen molar-refractivity contribution >= 4 is 17.6 Å². The van der Waals surface area contributed by atoms with E-state index in [0.717, 1.165) is 11.1 Å². The second-order valence-electron chi connectivity index (χ2n) is 5.70. The summed E-state index contributed by atoms with van der Waals surface area (Å²) in [5.41, 5.74) is 2.64. The van der Waals surface area contributed by atoms with E-state index in [1.807, 2.05) is 43.3 Å². The molecule has 1 aliphatic heterocycles.